The summed E-state index contributed by atoms with van der Waals surface area (Å²) in [6.07, 6.45) is 8.17. The minimum absolute atomic E-state index is 0.104. The number of rotatable bonds is 4. The van der Waals surface area contributed by atoms with Crippen molar-refractivity contribution < 1.29 is 5.11 Å². The van der Waals surface area contributed by atoms with Gasteiger partial charge in [0.1, 0.15) is 0 Å². The van der Waals surface area contributed by atoms with Gasteiger partial charge in [-0.25, -0.2) is 0 Å². The third-order valence-corrected chi connectivity index (χ3v) is 3.78. The first-order valence-electron chi connectivity index (χ1n) is 6.62. The highest BCUT2D eigenvalue weighted by Crippen LogP contribution is 2.29. The second-order valence-corrected chi connectivity index (χ2v) is 5.07. The van der Waals surface area contributed by atoms with Gasteiger partial charge >= 0.3 is 0 Å². The number of hydrogen-bond donors (Lipinski definition) is 2. The lowest BCUT2D eigenvalue weighted by Gasteiger charge is -2.28. The van der Waals surface area contributed by atoms with Gasteiger partial charge in [0, 0.05) is 12.2 Å². The van der Waals surface area contributed by atoms with E-state index in [1.54, 1.807) is 6.20 Å². The highest BCUT2D eigenvalue weighted by atomic mass is 16.3. The molecule has 2 unspecified atom stereocenters. The predicted octanol–water partition coefficient (Wildman–Crippen LogP) is 2.41. The van der Waals surface area contributed by atoms with E-state index in [1.807, 2.05) is 18.2 Å². The van der Waals surface area contributed by atoms with E-state index >= 15 is 0 Å². The van der Waals surface area contributed by atoms with Crippen molar-refractivity contribution in [2.75, 3.05) is 0 Å². The molecule has 17 heavy (non-hydrogen) atoms. The fourth-order valence-electron chi connectivity index (χ4n) is 2.71. The molecule has 2 atom stereocenters. The molecule has 1 aromatic rings. The molecule has 0 aromatic carbocycles. The number of nitrogens with two attached hydrogens (primary N) is 1. The standard InChI is InChI=1S/C14H22N2O/c15-12(11-6-2-1-3-7-11)10-14(17)13-8-4-5-9-16-13/h4-5,8-9,11-12,14,17H,1-3,6-7,10,15H2. The Balaban J connectivity index is 1.87. The summed E-state index contributed by atoms with van der Waals surface area (Å²) in [6.45, 7) is 0. The number of aromatic nitrogens is 1. The molecule has 1 saturated carbocycles. The van der Waals surface area contributed by atoms with Crippen LogP contribution < -0.4 is 5.73 Å². The number of aliphatic hydroxyl groups excluding tert-OH is 1. The van der Waals surface area contributed by atoms with Crippen molar-refractivity contribution in [3.63, 3.8) is 0 Å². The quantitative estimate of drug-likeness (QED) is 0.841. The summed E-state index contributed by atoms with van der Waals surface area (Å²) in [6, 6.07) is 5.72. The molecule has 0 saturated heterocycles. The Morgan fingerprint density at radius 1 is 1.29 bits per heavy atom. The summed E-state index contributed by atoms with van der Waals surface area (Å²) in [7, 11) is 0. The van der Waals surface area contributed by atoms with Crippen LogP contribution in [0.3, 0.4) is 0 Å². The summed E-state index contributed by atoms with van der Waals surface area (Å²) in [5.74, 6) is 0.585. The second kappa shape index (κ2) is 6.12. The normalized spacial score (nSPS) is 21.1. The van der Waals surface area contributed by atoms with Crippen LogP contribution in [0.15, 0.2) is 24.4 Å². The van der Waals surface area contributed by atoms with E-state index in [2.05, 4.69) is 4.98 Å². The van der Waals surface area contributed by atoms with Gasteiger partial charge in [0.15, 0.2) is 0 Å². The molecule has 1 aliphatic rings. The van der Waals surface area contributed by atoms with E-state index < -0.39 is 6.10 Å². The maximum absolute atomic E-state index is 10.1. The molecular weight excluding hydrogens is 212 g/mol. The molecule has 0 spiro atoms. The summed E-state index contributed by atoms with van der Waals surface area (Å²) in [5, 5.41) is 10.1. The SMILES string of the molecule is NC(CC(O)c1ccccn1)C1CCCCC1. The van der Waals surface area contributed by atoms with Crippen LogP contribution in [0.5, 0.6) is 0 Å². The van der Waals surface area contributed by atoms with E-state index in [-0.39, 0.29) is 6.04 Å². The van der Waals surface area contributed by atoms with E-state index in [0.717, 1.165) is 5.69 Å². The van der Waals surface area contributed by atoms with Crippen molar-refractivity contribution in [1.29, 1.82) is 0 Å². The van der Waals surface area contributed by atoms with Crippen molar-refractivity contribution in [3.05, 3.63) is 30.1 Å². The molecule has 0 amide bonds. The second-order valence-electron chi connectivity index (χ2n) is 5.07. The summed E-state index contributed by atoms with van der Waals surface area (Å²) < 4.78 is 0. The smallest absolute Gasteiger partial charge is 0.0974 e. The van der Waals surface area contributed by atoms with Crippen LogP contribution in [-0.2, 0) is 0 Å². The molecule has 1 aromatic heterocycles. The van der Waals surface area contributed by atoms with Gasteiger partial charge in [-0.05, 0) is 37.3 Å². The lowest BCUT2D eigenvalue weighted by molar-refractivity contribution is 0.135. The van der Waals surface area contributed by atoms with E-state index in [1.165, 1.54) is 32.1 Å². The van der Waals surface area contributed by atoms with Gasteiger partial charge in [-0.2, -0.15) is 0 Å². The Morgan fingerprint density at radius 2 is 2.06 bits per heavy atom. The fraction of sp³-hybridized carbons (Fsp3) is 0.643. The van der Waals surface area contributed by atoms with E-state index in [4.69, 9.17) is 5.73 Å². The largest absolute Gasteiger partial charge is 0.387 e. The molecule has 1 aliphatic carbocycles. The van der Waals surface area contributed by atoms with Gasteiger partial charge in [-0.15, -0.1) is 0 Å². The van der Waals surface area contributed by atoms with Crippen LogP contribution in [0.1, 0.15) is 50.3 Å². The summed E-state index contributed by atoms with van der Waals surface area (Å²) in [4.78, 5) is 4.17. The highest BCUT2D eigenvalue weighted by Gasteiger charge is 2.23. The third kappa shape index (κ3) is 3.51. The fourth-order valence-corrected chi connectivity index (χ4v) is 2.71. The first-order valence-corrected chi connectivity index (χ1v) is 6.62. The Hall–Kier alpha value is -0.930. The van der Waals surface area contributed by atoms with Crippen LogP contribution in [0.4, 0.5) is 0 Å². The molecule has 1 fully saturated rings. The van der Waals surface area contributed by atoms with Gasteiger partial charge < -0.3 is 10.8 Å². The monoisotopic (exact) mass is 234 g/mol. The molecule has 0 bridgehead atoms. The first-order chi connectivity index (χ1) is 8.27. The van der Waals surface area contributed by atoms with E-state index in [9.17, 15) is 5.11 Å². The van der Waals surface area contributed by atoms with Gasteiger partial charge in [0.05, 0.1) is 11.8 Å². The molecule has 1 heterocycles. The molecule has 0 radical (unpaired) electrons. The van der Waals surface area contributed by atoms with Crippen molar-refractivity contribution in [1.82, 2.24) is 4.98 Å². The summed E-state index contributed by atoms with van der Waals surface area (Å²) >= 11 is 0. The molecular formula is C14H22N2O. The average molecular weight is 234 g/mol. The zero-order chi connectivity index (χ0) is 12.1. The van der Waals surface area contributed by atoms with Crippen LogP contribution in [0.2, 0.25) is 0 Å². The molecule has 0 aliphatic heterocycles. The molecule has 3 nitrogen and oxygen atoms in total. The first kappa shape index (κ1) is 12.5. The third-order valence-electron chi connectivity index (χ3n) is 3.78. The number of hydrogen-bond acceptors (Lipinski definition) is 3. The lowest BCUT2D eigenvalue weighted by atomic mass is 9.82. The van der Waals surface area contributed by atoms with Crippen molar-refractivity contribution in [3.8, 4) is 0 Å². The Labute approximate surface area is 103 Å². The number of nitrogens with zero attached hydrogens (tertiary/aromatic N) is 1. The number of pyridine rings is 1. The minimum atomic E-state index is -0.520. The van der Waals surface area contributed by atoms with Crippen LogP contribution in [-0.4, -0.2) is 16.1 Å². The van der Waals surface area contributed by atoms with Crippen LogP contribution in [0, 0.1) is 5.92 Å². The molecule has 94 valence electrons. The van der Waals surface area contributed by atoms with Crippen molar-refractivity contribution in [2.45, 2.75) is 50.7 Å². The predicted molar refractivity (Wildman–Crippen MR) is 68.4 cm³/mol. The van der Waals surface area contributed by atoms with Gasteiger partial charge in [-0.3, -0.25) is 4.98 Å². The van der Waals surface area contributed by atoms with Gasteiger partial charge in [0.25, 0.3) is 0 Å². The van der Waals surface area contributed by atoms with Crippen LogP contribution >= 0.6 is 0 Å². The Kier molecular flexibility index (Phi) is 4.51. The number of aliphatic hydroxyl groups is 1. The van der Waals surface area contributed by atoms with Crippen molar-refractivity contribution >= 4 is 0 Å². The highest BCUT2D eigenvalue weighted by molar-refractivity contribution is 5.07. The maximum atomic E-state index is 10.1. The zero-order valence-corrected chi connectivity index (χ0v) is 10.3. The van der Waals surface area contributed by atoms with Gasteiger partial charge in [-0.1, -0.05) is 25.3 Å². The Bertz CT molecular complexity index is 322. The topological polar surface area (TPSA) is 59.1 Å². The average Bonchev–Trinajstić information content (AvgIpc) is 2.40. The lowest BCUT2D eigenvalue weighted by Crippen LogP contribution is -2.33. The zero-order valence-electron chi connectivity index (χ0n) is 10.3. The minimum Gasteiger partial charge on any atom is -0.387 e. The van der Waals surface area contributed by atoms with E-state index in [0.29, 0.717) is 12.3 Å². The van der Waals surface area contributed by atoms with Crippen LogP contribution in [0.25, 0.3) is 0 Å². The maximum Gasteiger partial charge on any atom is 0.0974 e. The molecule has 3 heteroatoms. The molecule has 3 N–H and O–H groups in total. The summed E-state index contributed by atoms with van der Waals surface area (Å²) in [5.41, 5.74) is 6.93. The van der Waals surface area contributed by atoms with Crippen molar-refractivity contribution in [2.24, 2.45) is 11.7 Å². The Morgan fingerprint density at radius 3 is 2.71 bits per heavy atom. The van der Waals surface area contributed by atoms with Gasteiger partial charge in [0.2, 0.25) is 0 Å². The molecule has 2 rings (SSSR count).